The Hall–Kier alpha value is -0.900. The maximum Gasteiger partial charge on any atom is 0.0535 e. The first-order chi connectivity index (χ1) is 9.51. The second-order valence-corrected chi connectivity index (χ2v) is 6.56. The molecule has 1 heterocycles. The van der Waals surface area contributed by atoms with Crippen molar-refractivity contribution in [2.24, 2.45) is 0 Å². The Morgan fingerprint density at radius 2 is 2.00 bits per heavy atom. The van der Waals surface area contributed by atoms with Gasteiger partial charge >= 0.3 is 0 Å². The summed E-state index contributed by atoms with van der Waals surface area (Å²) in [5.41, 5.74) is 1.47. The summed E-state index contributed by atoms with van der Waals surface area (Å²) < 4.78 is 0. The van der Waals surface area contributed by atoms with E-state index in [2.05, 4.69) is 73.4 Å². The SMILES string of the molecule is CC1CNC(C)(c2ccccc2)CN1CCCN(C)C. The van der Waals surface area contributed by atoms with Crippen LogP contribution in [0.3, 0.4) is 0 Å². The van der Waals surface area contributed by atoms with Crippen molar-refractivity contribution in [3.8, 4) is 0 Å². The van der Waals surface area contributed by atoms with Crippen LogP contribution in [0, 0.1) is 0 Å². The van der Waals surface area contributed by atoms with Gasteiger partial charge in [-0.15, -0.1) is 0 Å². The van der Waals surface area contributed by atoms with Crippen molar-refractivity contribution in [3.63, 3.8) is 0 Å². The molecule has 3 nitrogen and oxygen atoms in total. The summed E-state index contributed by atoms with van der Waals surface area (Å²) in [4.78, 5) is 4.90. The van der Waals surface area contributed by atoms with Gasteiger partial charge in [0.2, 0.25) is 0 Å². The highest BCUT2D eigenvalue weighted by Gasteiger charge is 2.34. The van der Waals surface area contributed by atoms with Crippen LogP contribution in [0.5, 0.6) is 0 Å². The van der Waals surface area contributed by atoms with Gasteiger partial charge in [-0.25, -0.2) is 0 Å². The van der Waals surface area contributed by atoms with Gasteiger partial charge in [-0.2, -0.15) is 0 Å². The number of rotatable bonds is 5. The monoisotopic (exact) mass is 275 g/mol. The Labute approximate surface area is 124 Å². The molecule has 20 heavy (non-hydrogen) atoms. The first kappa shape index (κ1) is 15.5. The van der Waals surface area contributed by atoms with Crippen LogP contribution in [0.25, 0.3) is 0 Å². The molecule has 0 saturated carbocycles. The third kappa shape index (κ3) is 3.81. The Morgan fingerprint density at radius 1 is 1.30 bits per heavy atom. The van der Waals surface area contributed by atoms with Crippen molar-refractivity contribution in [3.05, 3.63) is 35.9 Å². The lowest BCUT2D eigenvalue weighted by Gasteiger charge is -2.45. The van der Waals surface area contributed by atoms with E-state index >= 15 is 0 Å². The van der Waals surface area contributed by atoms with Gasteiger partial charge in [-0.1, -0.05) is 30.3 Å². The quantitative estimate of drug-likeness (QED) is 0.888. The number of hydrogen-bond acceptors (Lipinski definition) is 3. The minimum Gasteiger partial charge on any atom is -0.309 e. The first-order valence-corrected chi connectivity index (χ1v) is 7.70. The molecule has 1 saturated heterocycles. The minimum absolute atomic E-state index is 0.0753. The van der Waals surface area contributed by atoms with Crippen LogP contribution in [-0.2, 0) is 5.54 Å². The Balaban J connectivity index is 2.00. The fourth-order valence-corrected chi connectivity index (χ4v) is 3.01. The fourth-order valence-electron chi connectivity index (χ4n) is 3.01. The van der Waals surface area contributed by atoms with E-state index in [0.717, 1.165) is 13.1 Å². The fraction of sp³-hybridized carbons (Fsp3) is 0.647. The van der Waals surface area contributed by atoms with Crippen LogP contribution in [0.2, 0.25) is 0 Å². The molecule has 112 valence electrons. The molecule has 0 aromatic heterocycles. The number of piperazine rings is 1. The molecule has 3 heteroatoms. The van der Waals surface area contributed by atoms with Crippen LogP contribution in [0.15, 0.2) is 30.3 Å². The van der Waals surface area contributed by atoms with Crippen molar-refractivity contribution >= 4 is 0 Å². The van der Waals surface area contributed by atoms with Crippen molar-refractivity contribution in [1.82, 2.24) is 15.1 Å². The van der Waals surface area contributed by atoms with Crippen LogP contribution < -0.4 is 5.32 Å². The zero-order chi connectivity index (χ0) is 14.6. The average Bonchev–Trinajstić information content (AvgIpc) is 2.43. The van der Waals surface area contributed by atoms with Crippen molar-refractivity contribution in [2.75, 3.05) is 40.3 Å². The van der Waals surface area contributed by atoms with Gasteiger partial charge in [-0.3, -0.25) is 4.90 Å². The molecular formula is C17H29N3. The Kier molecular flexibility index (Phi) is 5.19. The molecule has 2 rings (SSSR count). The van der Waals surface area contributed by atoms with E-state index in [1.165, 1.54) is 25.1 Å². The van der Waals surface area contributed by atoms with E-state index in [4.69, 9.17) is 0 Å². The lowest BCUT2D eigenvalue weighted by atomic mass is 9.88. The van der Waals surface area contributed by atoms with Crippen LogP contribution in [0.1, 0.15) is 25.8 Å². The maximum absolute atomic E-state index is 3.74. The summed E-state index contributed by atoms with van der Waals surface area (Å²) in [5, 5.41) is 3.74. The molecule has 2 unspecified atom stereocenters. The molecule has 1 aromatic carbocycles. The van der Waals surface area contributed by atoms with E-state index < -0.39 is 0 Å². The maximum atomic E-state index is 3.74. The van der Waals surface area contributed by atoms with Crippen LogP contribution in [-0.4, -0.2) is 56.1 Å². The molecule has 1 aliphatic heterocycles. The van der Waals surface area contributed by atoms with Crippen molar-refractivity contribution in [1.29, 1.82) is 0 Å². The number of hydrogen-bond donors (Lipinski definition) is 1. The zero-order valence-corrected chi connectivity index (χ0v) is 13.4. The third-order valence-electron chi connectivity index (χ3n) is 4.39. The summed E-state index contributed by atoms with van der Waals surface area (Å²) in [5.74, 6) is 0. The molecular weight excluding hydrogens is 246 g/mol. The van der Waals surface area contributed by atoms with Gasteiger partial charge < -0.3 is 10.2 Å². The van der Waals surface area contributed by atoms with Crippen molar-refractivity contribution < 1.29 is 0 Å². The van der Waals surface area contributed by atoms with E-state index in [9.17, 15) is 0 Å². The summed E-state index contributed by atoms with van der Waals surface area (Å²) in [7, 11) is 4.30. The molecule has 0 aliphatic carbocycles. The normalized spacial score (nSPS) is 27.9. The second-order valence-electron chi connectivity index (χ2n) is 6.56. The van der Waals surface area contributed by atoms with E-state index in [1.54, 1.807) is 0 Å². The molecule has 0 spiro atoms. The predicted octanol–water partition coefficient (Wildman–Crippen LogP) is 2.15. The molecule has 1 N–H and O–H groups in total. The average molecular weight is 275 g/mol. The van der Waals surface area contributed by atoms with Crippen LogP contribution in [0.4, 0.5) is 0 Å². The second kappa shape index (κ2) is 6.70. The Morgan fingerprint density at radius 3 is 2.65 bits per heavy atom. The van der Waals surface area contributed by atoms with Gasteiger partial charge in [-0.05, 0) is 53.0 Å². The molecule has 0 radical (unpaired) electrons. The highest BCUT2D eigenvalue weighted by Crippen LogP contribution is 2.26. The van der Waals surface area contributed by atoms with Gasteiger partial charge in [0.1, 0.15) is 0 Å². The zero-order valence-electron chi connectivity index (χ0n) is 13.4. The lowest BCUT2D eigenvalue weighted by molar-refractivity contribution is 0.0913. The van der Waals surface area contributed by atoms with E-state index in [0.29, 0.717) is 6.04 Å². The van der Waals surface area contributed by atoms with Gasteiger partial charge in [0.25, 0.3) is 0 Å². The highest BCUT2D eigenvalue weighted by atomic mass is 15.2. The summed E-state index contributed by atoms with van der Waals surface area (Å²) >= 11 is 0. The van der Waals surface area contributed by atoms with Gasteiger partial charge in [0.15, 0.2) is 0 Å². The first-order valence-electron chi connectivity index (χ1n) is 7.70. The van der Waals surface area contributed by atoms with E-state index in [1.807, 2.05) is 0 Å². The third-order valence-corrected chi connectivity index (χ3v) is 4.39. The Bertz CT molecular complexity index is 404. The van der Waals surface area contributed by atoms with Crippen LogP contribution >= 0.6 is 0 Å². The molecule has 2 atom stereocenters. The molecule has 0 bridgehead atoms. The molecule has 1 aliphatic rings. The van der Waals surface area contributed by atoms with E-state index in [-0.39, 0.29) is 5.54 Å². The smallest absolute Gasteiger partial charge is 0.0535 e. The van der Waals surface area contributed by atoms with Crippen molar-refractivity contribution in [2.45, 2.75) is 31.8 Å². The molecule has 1 fully saturated rings. The lowest BCUT2D eigenvalue weighted by Crippen LogP contribution is -2.60. The van der Waals surface area contributed by atoms with Gasteiger partial charge in [0, 0.05) is 19.1 Å². The number of benzene rings is 1. The summed E-state index contributed by atoms with van der Waals surface area (Å²) in [6, 6.07) is 11.5. The van der Waals surface area contributed by atoms with Gasteiger partial charge in [0.05, 0.1) is 5.54 Å². The molecule has 1 aromatic rings. The summed E-state index contributed by atoms with van der Waals surface area (Å²) in [6.45, 7) is 9.15. The predicted molar refractivity (Wildman–Crippen MR) is 86.0 cm³/mol. The number of nitrogens with one attached hydrogen (secondary N) is 1. The number of nitrogens with zero attached hydrogens (tertiary/aromatic N) is 2. The standard InChI is InChI=1S/C17H29N3/c1-15-13-18-17(2,16-9-6-5-7-10-16)14-20(15)12-8-11-19(3)4/h5-7,9-10,15,18H,8,11-14H2,1-4H3. The highest BCUT2D eigenvalue weighted by molar-refractivity contribution is 5.25. The summed E-state index contributed by atoms with van der Waals surface area (Å²) in [6.07, 6.45) is 1.24. The largest absolute Gasteiger partial charge is 0.309 e. The molecule has 0 amide bonds. The minimum atomic E-state index is 0.0753. The topological polar surface area (TPSA) is 18.5 Å².